The van der Waals surface area contributed by atoms with Crippen molar-refractivity contribution in [2.45, 2.75) is 61.5 Å². The molecular formula is C62H54F4N18O6S2. The van der Waals surface area contributed by atoms with Gasteiger partial charge >= 0.3 is 0 Å². The number of hydrogen-bond acceptors (Lipinski definition) is 16. The summed E-state index contributed by atoms with van der Waals surface area (Å²) in [5.41, 5.74) is 8.17. The standard InChI is InChI=1S/C25H22F2N6O3S.C21H15F2N5O2S.C7H7N3.C5H6N2.C4H4N2O/c26-18-11-19(27)13-21(12-18)37(34,35)31-20-5-7-24-22(14-20)23(30-33(24)25-3-1-2-10-36-25)6-4-17-15-29-32(16-17)9-8-28;22-16-7-17(23)9-19(8-16)31(29,30)27-18-3-2-15-12-25-21(20(15)10-18)4-1-14-11-26-28(13-14)6-5-24;1-2-7-5-9-10(6-7)4-3-8;1-2-5-3-6-7-4-5;7-3-4-1-5-6-2-4/h4-7,11-16,25,31H,1-3,9-10H2;1-4,7-11,13,27H,6,12H2;2,5-6H,1,4H2;2-4H,1H2,(H,6,7);1-3H,(H,5,6)/b6-4+;4-1+;;;. The summed E-state index contributed by atoms with van der Waals surface area (Å²) in [6.07, 6.45) is 30.4. The number of benzene rings is 4. The molecule has 4 aromatic carbocycles. The second-order valence-corrected chi connectivity index (χ2v) is 22.9. The topological polar surface area (TPSA) is 331 Å². The maximum Gasteiger partial charge on any atom is 0.262 e. The molecule has 0 aliphatic carbocycles. The molecule has 30 heteroatoms. The Kier molecular flexibility index (Phi) is 22.7. The maximum absolute atomic E-state index is 13.6. The number of aldehydes is 1. The fourth-order valence-electron chi connectivity index (χ4n) is 8.64. The van der Waals surface area contributed by atoms with E-state index in [1.807, 2.05) is 18.2 Å². The van der Waals surface area contributed by atoms with Gasteiger partial charge in [0.2, 0.25) is 0 Å². The Morgan fingerprint density at radius 3 is 1.60 bits per heavy atom. The number of rotatable bonds is 17. The van der Waals surface area contributed by atoms with Crippen molar-refractivity contribution in [3.05, 3.63) is 222 Å². The van der Waals surface area contributed by atoms with Crippen molar-refractivity contribution in [3.8, 4) is 18.2 Å². The lowest BCUT2D eigenvalue weighted by Crippen LogP contribution is -2.19. The first kappa shape index (κ1) is 66.3. The first-order chi connectivity index (χ1) is 44.4. The average Bonchev–Trinajstić information content (AvgIpc) is 1.60. The molecule has 0 radical (unpaired) electrons. The second kappa shape index (κ2) is 31.5. The van der Waals surface area contributed by atoms with Crippen LogP contribution in [-0.4, -0.2) is 95.0 Å². The van der Waals surface area contributed by atoms with Gasteiger partial charge in [-0.2, -0.15) is 46.4 Å². The second-order valence-electron chi connectivity index (χ2n) is 19.5. The smallest absolute Gasteiger partial charge is 0.262 e. The third kappa shape index (κ3) is 18.5. The van der Waals surface area contributed by atoms with Gasteiger partial charge in [-0.15, -0.1) is 0 Å². The number of sulfonamides is 2. The van der Waals surface area contributed by atoms with Crippen LogP contribution in [0.3, 0.4) is 0 Å². The van der Waals surface area contributed by atoms with E-state index in [-0.39, 0.29) is 30.7 Å². The number of nitriles is 3. The molecule has 24 nitrogen and oxygen atoms in total. The van der Waals surface area contributed by atoms with Crippen LogP contribution in [0, 0.1) is 57.3 Å². The van der Waals surface area contributed by atoms with Crippen LogP contribution in [0.5, 0.6) is 0 Å². The molecule has 1 unspecified atom stereocenters. The summed E-state index contributed by atoms with van der Waals surface area (Å²) >= 11 is 0. The van der Waals surface area contributed by atoms with Crippen LogP contribution in [0.1, 0.15) is 74.9 Å². The first-order valence-corrected chi connectivity index (χ1v) is 30.4. The highest BCUT2D eigenvalue weighted by Gasteiger charge is 2.24. The number of ether oxygens (including phenoxy) is 1. The van der Waals surface area contributed by atoms with Crippen LogP contribution in [0.25, 0.3) is 41.3 Å². The quantitative estimate of drug-likeness (QED) is 0.0486. The zero-order chi connectivity index (χ0) is 65.6. The fraction of sp³-hybridized carbons (Fsp3) is 0.145. The number of nitrogens with one attached hydrogen (secondary N) is 4. The molecule has 0 bridgehead atoms. The Balaban J connectivity index is 0.000000175. The number of aromatic amines is 2. The molecule has 2 aliphatic heterocycles. The summed E-state index contributed by atoms with van der Waals surface area (Å²) in [5.74, 6) is -3.94. The molecule has 12 rings (SSSR count). The fourth-order valence-corrected chi connectivity index (χ4v) is 10.8. The molecule has 8 heterocycles. The highest BCUT2D eigenvalue weighted by atomic mass is 32.2. The Morgan fingerprint density at radius 2 is 1.13 bits per heavy atom. The lowest BCUT2D eigenvalue weighted by Gasteiger charge is -2.23. The van der Waals surface area contributed by atoms with Crippen molar-refractivity contribution in [2.75, 3.05) is 16.1 Å². The van der Waals surface area contributed by atoms with Crippen molar-refractivity contribution in [1.82, 2.24) is 59.5 Å². The number of aromatic nitrogens is 12. The van der Waals surface area contributed by atoms with Crippen molar-refractivity contribution in [1.29, 1.82) is 15.8 Å². The number of carbonyl (C=O) groups is 1. The van der Waals surface area contributed by atoms with Gasteiger partial charge in [-0.3, -0.25) is 43.5 Å². The van der Waals surface area contributed by atoms with Crippen molar-refractivity contribution in [3.63, 3.8) is 0 Å². The Bertz CT molecular complexity index is 4600. The highest BCUT2D eigenvalue weighted by molar-refractivity contribution is 7.93. The van der Waals surface area contributed by atoms with E-state index < -0.39 is 53.1 Å². The summed E-state index contributed by atoms with van der Waals surface area (Å²) in [4.78, 5) is 13.2. The number of halogens is 4. The van der Waals surface area contributed by atoms with Gasteiger partial charge in [0.05, 0.1) is 88.0 Å². The van der Waals surface area contributed by atoms with Crippen molar-refractivity contribution >= 4 is 84.7 Å². The molecule has 4 N–H and O–H groups in total. The van der Waals surface area contributed by atoms with E-state index in [2.05, 4.69) is 63.3 Å². The van der Waals surface area contributed by atoms with E-state index in [9.17, 15) is 39.2 Å². The molecule has 92 heavy (non-hydrogen) atoms. The number of hydrogen-bond donors (Lipinski definition) is 4. The molecule has 1 fully saturated rings. The normalized spacial score (nSPS) is 13.2. The monoisotopic (exact) mass is 1290 g/mol. The van der Waals surface area contributed by atoms with Gasteiger partial charge < -0.3 is 4.74 Å². The lowest BCUT2D eigenvalue weighted by molar-refractivity contribution is -0.0367. The number of carbonyl (C=O) groups excluding carboxylic acids is 1. The van der Waals surface area contributed by atoms with Crippen molar-refractivity contribution in [2.24, 2.45) is 4.99 Å². The minimum Gasteiger partial charge on any atom is -0.356 e. The molecule has 0 amide bonds. The van der Waals surface area contributed by atoms with Crippen LogP contribution in [0.2, 0.25) is 0 Å². The number of nitrogens with zero attached hydrogens (tertiary/aromatic N) is 14. The summed E-state index contributed by atoms with van der Waals surface area (Å²) < 4.78 is 122. The van der Waals surface area contributed by atoms with Crippen LogP contribution < -0.4 is 9.44 Å². The predicted molar refractivity (Wildman–Crippen MR) is 334 cm³/mol. The highest BCUT2D eigenvalue weighted by Crippen LogP contribution is 2.32. The number of H-pyrrole nitrogens is 2. The average molecular weight is 1290 g/mol. The first-order valence-electron chi connectivity index (χ1n) is 27.4. The van der Waals surface area contributed by atoms with Crippen LogP contribution in [0.4, 0.5) is 28.9 Å². The van der Waals surface area contributed by atoms with Crippen LogP contribution >= 0.6 is 0 Å². The maximum atomic E-state index is 13.6. The lowest BCUT2D eigenvalue weighted by atomic mass is 10.0. The van der Waals surface area contributed by atoms with E-state index in [1.54, 1.807) is 132 Å². The van der Waals surface area contributed by atoms with Gasteiger partial charge in [0.25, 0.3) is 20.0 Å². The summed E-state index contributed by atoms with van der Waals surface area (Å²) in [5, 5.41) is 55.7. The third-order valence-electron chi connectivity index (χ3n) is 12.9. The van der Waals surface area contributed by atoms with Gasteiger partial charge in [0.1, 0.15) is 42.9 Å². The number of allylic oxidation sites excluding steroid dienone is 1. The van der Waals surface area contributed by atoms with E-state index in [1.165, 1.54) is 21.8 Å². The molecule has 0 saturated carbocycles. The molecule has 6 aromatic heterocycles. The number of anilines is 2. The largest absolute Gasteiger partial charge is 0.356 e. The van der Waals surface area contributed by atoms with Crippen molar-refractivity contribution < 1.29 is 43.9 Å². The molecule has 1 saturated heterocycles. The molecule has 1 atom stereocenters. The Hall–Kier alpha value is -11.7. The Labute approximate surface area is 524 Å². The van der Waals surface area contributed by atoms with Gasteiger partial charge in [-0.05, 0) is 104 Å². The van der Waals surface area contributed by atoms with Gasteiger partial charge in [0.15, 0.2) is 12.5 Å². The number of fused-ring (bicyclic) bond motifs is 2. The SMILES string of the molecule is C=Cc1cn[nH]c1.C=Cc1cnn(CC#N)c1.N#CCn1cc(/C=C/C2=NCc3ccc(NS(=O)(=O)c4cc(F)cc(F)c4)cc32)cn1.N#CCn1cc(/C=C/c2nn(C3CCCCO3)c3ccc(NS(=O)(=O)c4cc(F)cc(F)c4)cc23)cn1.O=Cc1cn[nH]c1. The van der Waals surface area contributed by atoms with Crippen LogP contribution in [0.15, 0.2) is 169 Å². The minimum atomic E-state index is -4.25. The van der Waals surface area contributed by atoms with Gasteiger partial charge in [0, 0.05) is 94.3 Å². The molecule has 0 spiro atoms. The van der Waals surface area contributed by atoms with E-state index in [0.717, 1.165) is 88.7 Å². The molecule has 468 valence electrons. The summed E-state index contributed by atoms with van der Waals surface area (Å²) in [6, 6.07) is 20.1. The number of aliphatic imine (C=N–C) groups is 1. The zero-order valence-electron chi connectivity index (χ0n) is 48.4. The third-order valence-corrected chi connectivity index (χ3v) is 15.7. The predicted octanol–water partition coefficient (Wildman–Crippen LogP) is 10.5. The Morgan fingerprint density at radius 1 is 0.620 bits per heavy atom. The van der Waals surface area contributed by atoms with Gasteiger partial charge in [-0.1, -0.05) is 31.4 Å². The molecule has 10 aromatic rings. The van der Waals surface area contributed by atoms with Gasteiger partial charge in [-0.25, -0.2) is 39.1 Å². The summed E-state index contributed by atoms with van der Waals surface area (Å²) in [7, 11) is -8.43. The van der Waals surface area contributed by atoms with E-state index >= 15 is 0 Å². The molecular weight excluding hydrogens is 1230 g/mol. The van der Waals surface area contributed by atoms with E-state index in [4.69, 9.17) is 25.6 Å². The zero-order valence-corrected chi connectivity index (χ0v) is 50.1. The van der Waals surface area contributed by atoms with E-state index in [0.29, 0.717) is 54.2 Å². The summed E-state index contributed by atoms with van der Waals surface area (Å²) in [6.45, 7) is 8.76. The minimum absolute atomic E-state index is 0.128. The van der Waals surface area contributed by atoms with Crippen LogP contribution in [-0.2, 0) is 51.0 Å². The molecule has 2 aliphatic rings.